The minimum absolute atomic E-state index is 0.0129. The highest BCUT2D eigenvalue weighted by Gasteiger charge is 2.40. The van der Waals surface area contributed by atoms with Crippen LogP contribution < -0.4 is 43.4 Å². The molecule has 8 atom stereocenters. The van der Waals surface area contributed by atoms with Crippen LogP contribution in [0.4, 0.5) is 0 Å². The smallest absolute Gasteiger partial charge is 0.246 e. The number of hydrogen-bond acceptors (Lipinski definition) is 12. The molecule has 4 aromatic rings. The predicted molar refractivity (Wildman–Crippen MR) is 291 cm³/mol. The summed E-state index contributed by atoms with van der Waals surface area (Å²) in [4.78, 5) is 117. The minimum Gasteiger partial charge on any atom is -0.508 e. The van der Waals surface area contributed by atoms with E-state index in [0.717, 1.165) is 11.1 Å². The third-order valence-corrected chi connectivity index (χ3v) is 14.6. The predicted octanol–water partition coefficient (Wildman–Crippen LogP) is 1.53. The van der Waals surface area contributed by atoms with Crippen molar-refractivity contribution in [2.24, 2.45) is 11.5 Å². The normalized spacial score (nSPS) is 23.4. The van der Waals surface area contributed by atoms with E-state index in [2.05, 4.69) is 31.9 Å². The molecule has 3 heterocycles. The first kappa shape index (κ1) is 57.9. The summed E-state index contributed by atoms with van der Waals surface area (Å²) in [6.07, 6.45) is 3.95. The van der Waals surface area contributed by atoms with E-state index >= 15 is 0 Å². The van der Waals surface area contributed by atoms with Gasteiger partial charge in [0.1, 0.15) is 47.8 Å². The second-order valence-electron chi connectivity index (χ2n) is 20.5. The maximum atomic E-state index is 14.8. The maximum absolute atomic E-state index is 14.8. The molecule has 0 spiro atoms. The highest BCUT2D eigenvalue weighted by molar-refractivity contribution is 5.97. The number of fused-ring (bicyclic) bond motifs is 2. The minimum atomic E-state index is -1.28. The summed E-state index contributed by atoms with van der Waals surface area (Å²) >= 11 is 0. The average Bonchev–Trinajstić information content (AvgIpc) is 4.15. The lowest BCUT2D eigenvalue weighted by Gasteiger charge is -2.30. The molecule has 78 heavy (non-hydrogen) atoms. The van der Waals surface area contributed by atoms with E-state index in [9.17, 15) is 48.6 Å². The molecule has 20 nitrogen and oxygen atoms in total. The zero-order valence-electron chi connectivity index (χ0n) is 43.9. The van der Waals surface area contributed by atoms with E-state index in [1.165, 1.54) is 34.1 Å². The Labute approximate surface area is 454 Å². The summed E-state index contributed by atoms with van der Waals surface area (Å²) in [5, 5.41) is 37.1. The highest BCUT2D eigenvalue weighted by atomic mass is 16.3. The van der Waals surface area contributed by atoms with Crippen LogP contribution in [0.2, 0.25) is 0 Å². The van der Waals surface area contributed by atoms with E-state index < -0.39 is 83.8 Å². The van der Waals surface area contributed by atoms with Crippen molar-refractivity contribution >= 4 is 47.3 Å². The molecule has 3 saturated heterocycles. The van der Waals surface area contributed by atoms with Gasteiger partial charge in [-0.05, 0) is 117 Å². The molecule has 416 valence electrons. The zero-order chi connectivity index (χ0) is 55.6. The van der Waals surface area contributed by atoms with Crippen LogP contribution in [0.1, 0.15) is 86.5 Å². The Morgan fingerprint density at radius 3 is 1.50 bits per heavy atom. The van der Waals surface area contributed by atoms with Crippen molar-refractivity contribution in [3.05, 3.63) is 131 Å². The van der Waals surface area contributed by atoms with Gasteiger partial charge < -0.3 is 63.4 Å². The molecule has 3 aliphatic rings. The van der Waals surface area contributed by atoms with E-state index in [1.54, 1.807) is 24.3 Å². The number of phenols is 2. The molecule has 3 aliphatic heterocycles. The number of hydrogen-bond donors (Lipinski definition) is 10. The monoisotopic (exact) mass is 1070 g/mol. The van der Waals surface area contributed by atoms with Crippen LogP contribution in [0.5, 0.6) is 11.5 Å². The Kier molecular flexibility index (Phi) is 21.1. The van der Waals surface area contributed by atoms with Crippen LogP contribution in [0, 0.1) is 0 Å². The SMILES string of the molecule is N[C@@H]1CCCCNC(=O)[C@@H]2CCCN2C(=O)[C@H](Cc2ccccc2)NC(=O)C(NC(=O)[C@H](Cc2ccc(O)cc2)NC(=O)[C@@H](N)Cc2ccc(O)cc2)CCCCNC(=O)[C@@H]2CCCN2C(=O)[C@H](Cc2ccccc2)NC1=O. The second-order valence-corrected chi connectivity index (χ2v) is 20.5. The second kappa shape index (κ2) is 28.5. The van der Waals surface area contributed by atoms with Crippen LogP contribution in [-0.4, -0.2) is 142 Å². The van der Waals surface area contributed by atoms with Gasteiger partial charge in [0, 0.05) is 45.4 Å². The Morgan fingerprint density at radius 2 is 1.00 bits per heavy atom. The largest absolute Gasteiger partial charge is 0.508 e. The van der Waals surface area contributed by atoms with Crippen molar-refractivity contribution in [1.82, 2.24) is 41.7 Å². The van der Waals surface area contributed by atoms with E-state index in [4.69, 9.17) is 11.5 Å². The topological polar surface area (TPSA) is 308 Å². The molecule has 1 unspecified atom stereocenters. The van der Waals surface area contributed by atoms with Gasteiger partial charge in [-0.3, -0.25) is 38.4 Å². The van der Waals surface area contributed by atoms with E-state index in [1.807, 2.05) is 60.7 Å². The first-order valence-electron chi connectivity index (χ1n) is 27.2. The van der Waals surface area contributed by atoms with Crippen LogP contribution in [-0.2, 0) is 64.0 Å². The number of rotatable bonds is 12. The van der Waals surface area contributed by atoms with Gasteiger partial charge in [0.05, 0.1) is 12.1 Å². The molecular weight excluding hydrogens is 997 g/mol. The summed E-state index contributed by atoms with van der Waals surface area (Å²) in [5.41, 5.74) is 15.5. The van der Waals surface area contributed by atoms with Crippen LogP contribution >= 0.6 is 0 Å². The number of aromatic hydroxyl groups is 2. The van der Waals surface area contributed by atoms with E-state index in [-0.39, 0.29) is 87.9 Å². The fourth-order valence-corrected chi connectivity index (χ4v) is 10.3. The third-order valence-electron chi connectivity index (χ3n) is 14.6. The van der Waals surface area contributed by atoms with Crippen molar-refractivity contribution < 1.29 is 48.6 Å². The maximum Gasteiger partial charge on any atom is 0.246 e. The molecule has 0 aliphatic carbocycles. The number of nitrogens with two attached hydrogens (primary N) is 2. The lowest BCUT2D eigenvalue weighted by atomic mass is 10.0. The van der Waals surface area contributed by atoms with Gasteiger partial charge in [-0.15, -0.1) is 0 Å². The Bertz CT molecular complexity index is 2680. The number of benzene rings is 4. The Balaban J connectivity index is 1.14. The van der Waals surface area contributed by atoms with Crippen molar-refractivity contribution in [1.29, 1.82) is 0 Å². The Morgan fingerprint density at radius 1 is 0.538 bits per heavy atom. The summed E-state index contributed by atoms with van der Waals surface area (Å²) in [5.74, 6) is -4.21. The molecular formula is C58H74N10O10. The van der Waals surface area contributed by atoms with Crippen LogP contribution in [0.25, 0.3) is 0 Å². The molecule has 0 aromatic heterocycles. The third kappa shape index (κ3) is 16.6. The van der Waals surface area contributed by atoms with Crippen molar-refractivity contribution in [2.45, 2.75) is 138 Å². The number of carbonyl (C=O) groups excluding carboxylic acids is 8. The first-order valence-corrected chi connectivity index (χ1v) is 27.2. The molecule has 4 aromatic carbocycles. The van der Waals surface area contributed by atoms with Gasteiger partial charge in [-0.1, -0.05) is 84.9 Å². The zero-order valence-corrected chi connectivity index (χ0v) is 43.9. The lowest BCUT2D eigenvalue weighted by Crippen LogP contribution is -2.59. The van der Waals surface area contributed by atoms with Gasteiger partial charge in [0.25, 0.3) is 0 Å². The molecule has 0 bridgehead atoms. The quantitative estimate of drug-likeness (QED) is 0.0967. The number of nitrogens with one attached hydrogen (secondary N) is 6. The Hall–Kier alpha value is -7.84. The molecule has 12 N–H and O–H groups in total. The number of phenolic OH excluding ortho intramolecular Hbond substituents is 2. The number of carbonyl (C=O) groups is 8. The fourth-order valence-electron chi connectivity index (χ4n) is 10.3. The summed E-state index contributed by atoms with van der Waals surface area (Å²) < 4.78 is 0. The lowest BCUT2D eigenvalue weighted by molar-refractivity contribution is -0.142. The van der Waals surface area contributed by atoms with Crippen molar-refractivity contribution in [3.63, 3.8) is 0 Å². The molecule has 7 rings (SSSR count). The van der Waals surface area contributed by atoms with Gasteiger partial charge >= 0.3 is 0 Å². The van der Waals surface area contributed by atoms with Crippen molar-refractivity contribution in [2.75, 3.05) is 26.2 Å². The average molecular weight is 1070 g/mol. The fraction of sp³-hybridized carbons (Fsp3) is 0.448. The van der Waals surface area contributed by atoms with Crippen LogP contribution in [0.15, 0.2) is 109 Å². The summed E-state index contributed by atoms with van der Waals surface area (Å²) in [6, 6.07) is 22.1. The summed E-state index contributed by atoms with van der Waals surface area (Å²) in [7, 11) is 0. The van der Waals surface area contributed by atoms with Crippen LogP contribution in [0.3, 0.4) is 0 Å². The van der Waals surface area contributed by atoms with Gasteiger partial charge in [0.15, 0.2) is 0 Å². The van der Waals surface area contributed by atoms with E-state index in [0.29, 0.717) is 62.6 Å². The van der Waals surface area contributed by atoms with Gasteiger partial charge in [0.2, 0.25) is 47.3 Å². The number of amides is 8. The molecule has 8 amide bonds. The molecule has 20 heteroatoms. The van der Waals surface area contributed by atoms with Gasteiger partial charge in [-0.25, -0.2) is 0 Å². The standard InChI is InChI=1S/C58H74N10O10/c59-43-17-7-9-29-61-55(75)50-20-12-32-68(50)58(78)48(36-38-15-5-2-6-16-38)66-53(73)45(63-54(74)46(34-40-23-27-42(70)28-24-40)64-52(72)44(60)33-39-21-25-41(69)26-22-39)18-8-10-30-62-56(76)49-19-11-31-67(49)57(77)47(65-51(43)71)35-37-13-3-1-4-14-37/h1-6,13-16,21-28,43-50,69-70H,7-12,17-20,29-36,59-60H2,(H,61,75)(H,62,76)(H,63,74)(H,64,72)(H,65,71)(H,66,73)/t43-,44+,45?,46+,47+,48+,49+,50+/m1/s1. The molecule has 3 fully saturated rings. The van der Waals surface area contributed by atoms with Gasteiger partial charge in [-0.2, -0.15) is 0 Å². The first-order chi connectivity index (χ1) is 37.6. The molecule has 0 radical (unpaired) electrons. The summed E-state index contributed by atoms with van der Waals surface area (Å²) in [6.45, 7) is 0.944. The number of nitrogens with zero attached hydrogens (tertiary/aromatic N) is 2. The van der Waals surface area contributed by atoms with Crippen molar-refractivity contribution in [3.8, 4) is 11.5 Å². The molecule has 0 saturated carbocycles. The highest BCUT2D eigenvalue weighted by Crippen LogP contribution is 2.23.